The lowest BCUT2D eigenvalue weighted by molar-refractivity contribution is 0.509. The van der Waals surface area contributed by atoms with E-state index in [2.05, 4.69) is 10.3 Å². The Bertz CT molecular complexity index is 591. The van der Waals surface area contributed by atoms with Crippen LogP contribution in [0.2, 0.25) is 0 Å². The van der Waals surface area contributed by atoms with Crippen molar-refractivity contribution in [3.63, 3.8) is 0 Å². The van der Waals surface area contributed by atoms with Crippen molar-refractivity contribution in [2.24, 2.45) is 7.05 Å². The van der Waals surface area contributed by atoms with E-state index in [1.807, 2.05) is 25.6 Å². The highest BCUT2D eigenvalue weighted by Crippen LogP contribution is 2.25. The number of halogens is 2. The summed E-state index contributed by atoms with van der Waals surface area (Å²) in [6.07, 6.45) is 0.789. The van der Waals surface area contributed by atoms with Crippen molar-refractivity contribution in [3.8, 4) is 11.3 Å². The number of nitrogens with one attached hydrogen (secondary N) is 1. The number of likely N-dealkylation sites (N-methyl/N-ethyl adjacent to an activating group) is 1. The highest BCUT2D eigenvalue weighted by Gasteiger charge is 2.14. The molecule has 0 saturated heterocycles. The Labute approximate surface area is 111 Å². The molecule has 3 nitrogen and oxygen atoms in total. The summed E-state index contributed by atoms with van der Waals surface area (Å²) in [5.41, 5.74) is 2.28. The van der Waals surface area contributed by atoms with Gasteiger partial charge in [-0.05, 0) is 32.2 Å². The molecule has 0 bridgehead atoms. The molecule has 0 atom stereocenters. The van der Waals surface area contributed by atoms with Crippen molar-refractivity contribution in [1.29, 1.82) is 0 Å². The van der Waals surface area contributed by atoms with Gasteiger partial charge in [0.2, 0.25) is 0 Å². The van der Waals surface area contributed by atoms with Gasteiger partial charge in [-0.2, -0.15) is 0 Å². The van der Waals surface area contributed by atoms with Gasteiger partial charge in [0.15, 0.2) is 11.6 Å². The SMILES string of the molecule is CNCCc1nc(C)c(-c2ccc(F)c(F)c2)n1C. The highest BCUT2D eigenvalue weighted by molar-refractivity contribution is 5.62. The molecule has 1 heterocycles. The molecule has 1 N–H and O–H groups in total. The molecule has 5 heteroatoms. The van der Waals surface area contributed by atoms with E-state index in [1.165, 1.54) is 6.07 Å². The summed E-state index contributed by atoms with van der Waals surface area (Å²) in [6.45, 7) is 2.70. The van der Waals surface area contributed by atoms with Crippen LogP contribution < -0.4 is 5.32 Å². The molecular formula is C14H17F2N3. The van der Waals surface area contributed by atoms with Gasteiger partial charge in [-0.25, -0.2) is 13.8 Å². The van der Waals surface area contributed by atoms with E-state index in [0.29, 0.717) is 5.56 Å². The lowest BCUT2D eigenvalue weighted by Crippen LogP contribution is -2.13. The molecule has 0 radical (unpaired) electrons. The molecule has 0 amide bonds. The average Bonchev–Trinajstić information content (AvgIpc) is 2.65. The van der Waals surface area contributed by atoms with Crippen molar-refractivity contribution < 1.29 is 8.78 Å². The van der Waals surface area contributed by atoms with Crippen molar-refractivity contribution in [1.82, 2.24) is 14.9 Å². The van der Waals surface area contributed by atoms with Gasteiger partial charge in [-0.15, -0.1) is 0 Å². The second kappa shape index (κ2) is 5.48. The molecule has 1 aromatic carbocycles. The Kier molecular flexibility index (Phi) is 3.95. The molecule has 0 fully saturated rings. The lowest BCUT2D eigenvalue weighted by Gasteiger charge is -2.07. The van der Waals surface area contributed by atoms with E-state index in [9.17, 15) is 8.78 Å². The standard InChI is InChI=1S/C14H17F2N3/c1-9-14(10-4-5-11(15)12(16)8-10)19(3)13(18-9)6-7-17-2/h4-5,8,17H,6-7H2,1-3H3. The number of hydrogen-bond acceptors (Lipinski definition) is 2. The maximum Gasteiger partial charge on any atom is 0.159 e. The van der Waals surface area contributed by atoms with Gasteiger partial charge in [0.25, 0.3) is 0 Å². The van der Waals surface area contributed by atoms with Crippen LogP contribution in [0.5, 0.6) is 0 Å². The van der Waals surface area contributed by atoms with Crippen LogP contribution in [-0.4, -0.2) is 23.1 Å². The third-order valence-electron chi connectivity index (χ3n) is 3.15. The molecule has 0 aliphatic rings. The minimum atomic E-state index is -0.838. The summed E-state index contributed by atoms with van der Waals surface area (Å²) in [4.78, 5) is 4.48. The Morgan fingerprint density at radius 3 is 2.63 bits per heavy atom. The number of aryl methyl sites for hydroxylation is 1. The third-order valence-corrected chi connectivity index (χ3v) is 3.15. The van der Waals surface area contributed by atoms with E-state index in [-0.39, 0.29) is 0 Å². The van der Waals surface area contributed by atoms with Crippen LogP contribution in [0.15, 0.2) is 18.2 Å². The molecule has 1 aromatic heterocycles. The zero-order valence-corrected chi connectivity index (χ0v) is 11.3. The van der Waals surface area contributed by atoms with Crippen LogP contribution in [0.25, 0.3) is 11.3 Å². The summed E-state index contributed by atoms with van der Waals surface area (Å²) in [5, 5.41) is 3.07. The van der Waals surface area contributed by atoms with Gasteiger partial charge in [-0.3, -0.25) is 0 Å². The number of nitrogens with zero attached hydrogens (tertiary/aromatic N) is 2. The summed E-state index contributed by atoms with van der Waals surface area (Å²) in [5.74, 6) is -0.750. The van der Waals surface area contributed by atoms with Crippen LogP contribution in [0.3, 0.4) is 0 Å². The van der Waals surface area contributed by atoms with Crippen molar-refractivity contribution in [2.75, 3.05) is 13.6 Å². The normalized spacial score (nSPS) is 11.0. The predicted octanol–water partition coefficient (Wildman–Crippen LogP) is 2.44. The van der Waals surface area contributed by atoms with Gasteiger partial charge in [0.1, 0.15) is 5.82 Å². The highest BCUT2D eigenvalue weighted by atomic mass is 19.2. The first-order chi connectivity index (χ1) is 9.04. The van der Waals surface area contributed by atoms with Gasteiger partial charge < -0.3 is 9.88 Å². The Balaban J connectivity index is 2.44. The smallest absolute Gasteiger partial charge is 0.159 e. The first-order valence-corrected chi connectivity index (χ1v) is 6.16. The summed E-state index contributed by atoms with van der Waals surface area (Å²) in [6, 6.07) is 3.93. The maximum atomic E-state index is 13.3. The van der Waals surface area contributed by atoms with E-state index >= 15 is 0 Å². The monoisotopic (exact) mass is 265 g/mol. The summed E-state index contributed by atoms with van der Waals surface area (Å²) in [7, 11) is 3.77. The minimum absolute atomic E-state index is 0.641. The lowest BCUT2D eigenvalue weighted by atomic mass is 10.1. The molecule has 0 spiro atoms. The molecule has 102 valence electrons. The van der Waals surface area contributed by atoms with Crippen molar-refractivity contribution >= 4 is 0 Å². The molecule has 0 saturated carbocycles. The molecule has 0 aliphatic heterocycles. The number of benzene rings is 1. The topological polar surface area (TPSA) is 29.9 Å². The fraction of sp³-hybridized carbons (Fsp3) is 0.357. The molecule has 0 aliphatic carbocycles. The Morgan fingerprint density at radius 1 is 1.26 bits per heavy atom. The number of rotatable bonds is 4. The molecule has 2 rings (SSSR count). The zero-order valence-electron chi connectivity index (χ0n) is 11.3. The van der Waals surface area contributed by atoms with E-state index in [4.69, 9.17) is 0 Å². The number of imidazole rings is 1. The maximum absolute atomic E-state index is 13.3. The van der Waals surface area contributed by atoms with Crippen LogP contribution >= 0.6 is 0 Å². The average molecular weight is 265 g/mol. The first-order valence-electron chi connectivity index (χ1n) is 6.16. The molecule has 0 unspecified atom stereocenters. The van der Waals surface area contributed by atoms with E-state index in [0.717, 1.165) is 36.2 Å². The van der Waals surface area contributed by atoms with E-state index < -0.39 is 11.6 Å². The second-order valence-electron chi connectivity index (χ2n) is 4.50. The van der Waals surface area contributed by atoms with Gasteiger partial charge in [-0.1, -0.05) is 0 Å². The van der Waals surface area contributed by atoms with Crippen molar-refractivity contribution in [3.05, 3.63) is 41.4 Å². The largest absolute Gasteiger partial charge is 0.331 e. The van der Waals surface area contributed by atoms with Crippen molar-refractivity contribution in [2.45, 2.75) is 13.3 Å². The van der Waals surface area contributed by atoms with Crippen LogP contribution in [0, 0.1) is 18.6 Å². The molecular weight excluding hydrogens is 248 g/mol. The van der Waals surface area contributed by atoms with Crippen LogP contribution in [0.4, 0.5) is 8.78 Å². The molecule has 19 heavy (non-hydrogen) atoms. The summed E-state index contributed by atoms with van der Waals surface area (Å²) < 4.78 is 28.2. The minimum Gasteiger partial charge on any atom is -0.331 e. The first kappa shape index (κ1) is 13.7. The van der Waals surface area contributed by atoms with Gasteiger partial charge >= 0.3 is 0 Å². The molecule has 2 aromatic rings. The summed E-state index contributed by atoms with van der Waals surface area (Å²) >= 11 is 0. The third kappa shape index (κ3) is 2.66. The van der Waals surface area contributed by atoms with Gasteiger partial charge in [0, 0.05) is 25.6 Å². The predicted molar refractivity (Wildman–Crippen MR) is 70.9 cm³/mol. The Hall–Kier alpha value is -1.75. The van der Waals surface area contributed by atoms with Gasteiger partial charge in [0.05, 0.1) is 11.4 Å². The quantitative estimate of drug-likeness (QED) is 0.920. The zero-order chi connectivity index (χ0) is 14.0. The Morgan fingerprint density at radius 2 is 2.00 bits per heavy atom. The fourth-order valence-electron chi connectivity index (χ4n) is 2.20. The van der Waals surface area contributed by atoms with Crippen LogP contribution in [0.1, 0.15) is 11.5 Å². The van der Waals surface area contributed by atoms with Crippen LogP contribution in [-0.2, 0) is 13.5 Å². The second-order valence-corrected chi connectivity index (χ2v) is 4.50. The number of hydrogen-bond donors (Lipinski definition) is 1. The van der Waals surface area contributed by atoms with E-state index in [1.54, 1.807) is 6.07 Å². The number of aromatic nitrogens is 2. The fourth-order valence-corrected chi connectivity index (χ4v) is 2.20.